The van der Waals surface area contributed by atoms with Gasteiger partial charge in [0.2, 0.25) is 11.8 Å². The molecule has 1 aliphatic rings. The van der Waals surface area contributed by atoms with Crippen molar-refractivity contribution in [3.63, 3.8) is 0 Å². The Morgan fingerprint density at radius 2 is 1.97 bits per heavy atom. The minimum absolute atomic E-state index is 0.0956. The first-order valence-corrected chi connectivity index (χ1v) is 10.9. The van der Waals surface area contributed by atoms with Gasteiger partial charge in [-0.05, 0) is 55.2 Å². The van der Waals surface area contributed by atoms with E-state index in [2.05, 4.69) is 23.8 Å². The quantitative estimate of drug-likeness (QED) is 0.639. The van der Waals surface area contributed by atoms with Crippen LogP contribution in [0.25, 0.3) is 0 Å². The van der Waals surface area contributed by atoms with Crippen LogP contribution >= 0.6 is 11.8 Å². The van der Waals surface area contributed by atoms with Crippen LogP contribution in [0.15, 0.2) is 60.1 Å². The number of thioether (sulfide) groups is 1. The zero-order valence-electron chi connectivity index (χ0n) is 17.6. The molecule has 30 heavy (non-hydrogen) atoms. The average Bonchev–Trinajstić information content (AvgIpc) is 3.00. The number of aliphatic imine (C=N–C) groups is 1. The van der Waals surface area contributed by atoms with E-state index in [1.807, 2.05) is 56.3 Å². The van der Waals surface area contributed by atoms with Crippen LogP contribution < -0.4 is 5.32 Å². The van der Waals surface area contributed by atoms with Crippen LogP contribution in [-0.4, -0.2) is 33.7 Å². The topological polar surface area (TPSA) is 61.8 Å². The second-order valence-corrected chi connectivity index (χ2v) is 8.50. The Bertz CT molecular complexity index is 982. The average molecular weight is 422 g/mol. The molecule has 0 spiro atoms. The molecule has 5 nitrogen and oxygen atoms in total. The Balaban J connectivity index is 1.74. The summed E-state index contributed by atoms with van der Waals surface area (Å²) in [6, 6.07) is 13.9. The molecule has 0 radical (unpaired) electrons. The third kappa shape index (κ3) is 5.19. The fourth-order valence-corrected chi connectivity index (χ4v) is 4.35. The molecular formula is C24H27N3O2S. The highest BCUT2D eigenvalue weighted by molar-refractivity contribution is 8.15. The molecule has 3 rings (SSSR count). The molecule has 1 atom stereocenters. The number of benzene rings is 2. The van der Waals surface area contributed by atoms with Gasteiger partial charge in [-0.2, -0.15) is 0 Å². The minimum atomic E-state index is -0.497. The molecule has 1 heterocycles. The maximum Gasteiger partial charge on any atom is 0.242 e. The van der Waals surface area contributed by atoms with Gasteiger partial charge in [0.15, 0.2) is 5.17 Å². The van der Waals surface area contributed by atoms with Crippen molar-refractivity contribution in [2.24, 2.45) is 4.99 Å². The maximum absolute atomic E-state index is 12.9. The first kappa shape index (κ1) is 21.8. The normalized spacial score (nSPS) is 17.4. The largest absolute Gasteiger partial charge is 0.326 e. The zero-order chi connectivity index (χ0) is 21.7. The molecule has 2 aromatic carbocycles. The highest BCUT2D eigenvalue weighted by atomic mass is 32.2. The number of nitrogens with one attached hydrogen (secondary N) is 1. The number of nitrogens with zero attached hydrogens (tertiary/aromatic N) is 2. The number of aryl methyl sites for hydroxylation is 3. The van der Waals surface area contributed by atoms with Crippen LogP contribution in [0.4, 0.5) is 11.4 Å². The van der Waals surface area contributed by atoms with Gasteiger partial charge in [0.1, 0.15) is 5.25 Å². The van der Waals surface area contributed by atoms with Crippen LogP contribution in [0.1, 0.15) is 30.0 Å². The number of carbonyl (C=O) groups is 2. The van der Waals surface area contributed by atoms with Crippen LogP contribution in [0.5, 0.6) is 0 Å². The van der Waals surface area contributed by atoms with Gasteiger partial charge in [-0.25, -0.2) is 4.99 Å². The lowest BCUT2D eigenvalue weighted by molar-refractivity contribution is -0.127. The maximum atomic E-state index is 12.9. The Hall–Kier alpha value is -2.86. The molecule has 2 aromatic rings. The molecule has 2 amide bonds. The van der Waals surface area contributed by atoms with Crippen molar-refractivity contribution in [2.75, 3.05) is 11.9 Å². The summed E-state index contributed by atoms with van der Waals surface area (Å²) in [6.45, 7) is 10.1. The molecule has 0 saturated carbocycles. The Morgan fingerprint density at radius 1 is 1.23 bits per heavy atom. The molecule has 1 saturated heterocycles. The van der Waals surface area contributed by atoms with Crippen molar-refractivity contribution in [3.05, 3.63) is 71.8 Å². The summed E-state index contributed by atoms with van der Waals surface area (Å²) in [6.07, 6.45) is 2.73. The van der Waals surface area contributed by atoms with E-state index in [1.54, 1.807) is 11.0 Å². The van der Waals surface area contributed by atoms with E-state index in [0.29, 0.717) is 11.7 Å². The first-order chi connectivity index (χ1) is 14.4. The predicted octanol–water partition coefficient (Wildman–Crippen LogP) is 5.01. The van der Waals surface area contributed by atoms with E-state index >= 15 is 0 Å². The van der Waals surface area contributed by atoms with E-state index in [0.717, 1.165) is 28.9 Å². The lowest BCUT2D eigenvalue weighted by atomic mass is 10.1. The van der Waals surface area contributed by atoms with Crippen LogP contribution in [0, 0.1) is 13.8 Å². The van der Waals surface area contributed by atoms with Crippen molar-refractivity contribution < 1.29 is 9.59 Å². The fraction of sp³-hybridized carbons (Fsp3) is 0.292. The number of hydrogen-bond donors (Lipinski definition) is 1. The van der Waals surface area contributed by atoms with E-state index in [9.17, 15) is 9.59 Å². The van der Waals surface area contributed by atoms with Gasteiger partial charge in [-0.1, -0.05) is 49.0 Å². The monoisotopic (exact) mass is 421 g/mol. The predicted molar refractivity (Wildman–Crippen MR) is 125 cm³/mol. The summed E-state index contributed by atoms with van der Waals surface area (Å²) < 4.78 is 0. The number of anilines is 1. The Morgan fingerprint density at radius 3 is 2.63 bits per heavy atom. The van der Waals surface area contributed by atoms with Crippen LogP contribution in [0.2, 0.25) is 0 Å². The second kappa shape index (κ2) is 9.76. The van der Waals surface area contributed by atoms with E-state index in [1.165, 1.54) is 17.3 Å². The summed E-state index contributed by atoms with van der Waals surface area (Å²) in [5.74, 6) is -0.290. The number of hydrogen-bond acceptors (Lipinski definition) is 4. The third-order valence-electron chi connectivity index (χ3n) is 4.94. The van der Waals surface area contributed by atoms with Crippen molar-refractivity contribution >= 4 is 40.1 Å². The summed E-state index contributed by atoms with van der Waals surface area (Å²) in [4.78, 5) is 31.8. The van der Waals surface area contributed by atoms with Gasteiger partial charge in [-0.15, -0.1) is 6.58 Å². The molecule has 1 fully saturated rings. The van der Waals surface area contributed by atoms with Gasteiger partial charge in [0.25, 0.3) is 0 Å². The van der Waals surface area contributed by atoms with Crippen molar-refractivity contribution in [1.29, 1.82) is 0 Å². The summed E-state index contributed by atoms with van der Waals surface area (Å²) in [5, 5.41) is 3.05. The van der Waals surface area contributed by atoms with Crippen molar-refractivity contribution in [1.82, 2.24) is 4.90 Å². The highest BCUT2D eigenvalue weighted by Gasteiger charge is 2.38. The number of amidine groups is 1. The van der Waals surface area contributed by atoms with Crippen molar-refractivity contribution in [3.8, 4) is 0 Å². The summed E-state index contributed by atoms with van der Waals surface area (Å²) >= 11 is 1.34. The molecule has 0 aliphatic carbocycles. The number of carbonyl (C=O) groups excluding carboxylic acids is 2. The minimum Gasteiger partial charge on any atom is -0.326 e. The molecule has 1 aliphatic heterocycles. The molecule has 1 unspecified atom stereocenters. The van der Waals surface area contributed by atoms with Gasteiger partial charge < -0.3 is 5.32 Å². The molecule has 6 heteroatoms. The van der Waals surface area contributed by atoms with Crippen LogP contribution in [-0.2, 0) is 16.0 Å². The van der Waals surface area contributed by atoms with Gasteiger partial charge >= 0.3 is 0 Å². The molecular weight excluding hydrogens is 394 g/mol. The summed E-state index contributed by atoms with van der Waals surface area (Å²) in [7, 11) is 0. The SMILES string of the molecule is C=CCN1C(=O)C(CC(=O)Nc2cc(C)ccc2C)SC1=Nc1ccc(CC)cc1. The molecule has 1 N–H and O–H groups in total. The molecule has 0 bridgehead atoms. The Labute approximate surface area is 182 Å². The van der Waals surface area contributed by atoms with Crippen LogP contribution in [0.3, 0.4) is 0 Å². The highest BCUT2D eigenvalue weighted by Crippen LogP contribution is 2.32. The number of rotatable bonds is 7. The smallest absolute Gasteiger partial charge is 0.242 e. The van der Waals surface area contributed by atoms with Crippen molar-refractivity contribution in [2.45, 2.75) is 38.9 Å². The lowest BCUT2D eigenvalue weighted by Crippen LogP contribution is -2.33. The first-order valence-electron chi connectivity index (χ1n) is 10.0. The van der Waals surface area contributed by atoms with Gasteiger partial charge in [0, 0.05) is 18.7 Å². The van der Waals surface area contributed by atoms with Gasteiger partial charge in [0.05, 0.1) is 5.69 Å². The lowest BCUT2D eigenvalue weighted by Gasteiger charge is -2.14. The van der Waals surface area contributed by atoms with Gasteiger partial charge in [-0.3, -0.25) is 14.5 Å². The standard InChI is InChI=1S/C24H27N3O2S/c1-5-13-27-23(29)21(15-22(28)26-20-14-16(3)7-8-17(20)4)30-24(27)25-19-11-9-18(6-2)10-12-19/h5,7-12,14,21H,1,6,13,15H2,2-4H3,(H,26,28). The molecule has 0 aromatic heterocycles. The fourth-order valence-electron chi connectivity index (χ4n) is 3.18. The number of amides is 2. The second-order valence-electron chi connectivity index (χ2n) is 7.33. The third-order valence-corrected chi connectivity index (χ3v) is 6.11. The zero-order valence-corrected chi connectivity index (χ0v) is 18.5. The van der Waals surface area contributed by atoms with E-state index in [4.69, 9.17) is 0 Å². The Kier molecular flexibility index (Phi) is 7.11. The summed E-state index contributed by atoms with van der Waals surface area (Å²) in [5.41, 5.74) is 4.87. The molecule has 156 valence electrons. The van der Waals surface area contributed by atoms with E-state index < -0.39 is 5.25 Å². The van der Waals surface area contributed by atoms with E-state index in [-0.39, 0.29) is 18.2 Å².